The monoisotopic (exact) mass is 144 g/mol. The van der Waals surface area contributed by atoms with Gasteiger partial charge in [0.15, 0.2) is 0 Å². The summed E-state index contributed by atoms with van der Waals surface area (Å²) in [5.74, 6) is 0.377. The molecule has 3 heteroatoms. The smallest absolute Gasteiger partial charge is 0.112 e. The Kier molecular flexibility index (Phi) is 2.45. The maximum atomic E-state index is 12.6. The van der Waals surface area contributed by atoms with Crippen molar-refractivity contribution in [3.05, 3.63) is 0 Å². The second-order valence-corrected chi connectivity index (χ2v) is 3.32. The number of thiol groups is 1. The van der Waals surface area contributed by atoms with E-state index in [1.54, 1.807) is 0 Å². The fraction of sp³-hybridized carbons (Fsp3) is 1.00. The molecular weight excluding hydrogens is 134 g/mol. The summed E-state index contributed by atoms with van der Waals surface area (Å²) in [6.07, 6.45) is 1.35. The fourth-order valence-electron chi connectivity index (χ4n) is 1.25. The van der Waals surface area contributed by atoms with E-state index in [0.29, 0.717) is 18.7 Å². The highest BCUT2D eigenvalue weighted by atomic mass is 32.1. The van der Waals surface area contributed by atoms with Gasteiger partial charge < -0.3 is 0 Å². The van der Waals surface area contributed by atoms with E-state index >= 15 is 0 Å². The van der Waals surface area contributed by atoms with Crippen LogP contribution in [0.25, 0.3) is 0 Å². The molecule has 0 heterocycles. The molecule has 0 saturated heterocycles. The van der Waals surface area contributed by atoms with Crippen molar-refractivity contribution in [2.75, 3.05) is 0 Å². The summed E-state index contributed by atoms with van der Waals surface area (Å²) in [6, 6.07) is 0. The zero-order chi connectivity index (χ0) is 6.85. The van der Waals surface area contributed by atoms with Crippen molar-refractivity contribution >= 4 is 20.5 Å². The summed E-state index contributed by atoms with van der Waals surface area (Å²) in [5.41, 5.74) is 0. The molecule has 1 saturated carbocycles. The largest absolute Gasteiger partial charge is 0.246 e. The van der Waals surface area contributed by atoms with E-state index in [2.05, 4.69) is 12.6 Å². The van der Waals surface area contributed by atoms with Gasteiger partial charge in [0.1, 0.15) is 6.17 Å². The Labute approximate surface area is 62.0 Å². The first-order chi connectivity index (χ1) is 4.24. The van der Waals surface area contributed by atoms with Crippen molar-refractivity contribution in [2.45, 2.75) is 30.6 Å². The van der Waals surface area contributed by atoms with Crippen LogP contribution < -0.4 is 0 Å². The van der Waals surface area contributed by atoms with Crippen LogP contribution in [0.4, 0.5) is 4.39 Å². The molecular formula is C6H10BFS. The van der Waals surface area contributed by atoms with Crippen molar-refractivity contribution in [1.29, 1.82) is 0 Å². The molecule has 0 aromatic rings. The molecule has 1 aliphatic rings. The first-order valence-corrected chi connectivity index (χ1v) is 3.78. The molecule has 3 atom stereocenters. The molecule has 0 spiro atoms. The molecule has 1 rings (SSSR count). The summed E-state index contributed by atoms with van der Waals surface area (Å²) in [4.78, 5) is 0. The van der Waals surface area contributed by atoms with Gasteiger partial charge in [-0.05, 0) is 18.8 Å². The Bertz CT molecular complexity index is 89.1. The number of hydrogen-bond donors (Lipinski definition) is 1. The zero-order valence-corrected chi connectivity index (χ0v) is 6.15. The van der Waals surface area contributed by atoms with Crippen LogP contribution in [0.1, 0.15) is 12.8 Å². The Morgan fingerprint density at radius 1 is 1.56 bits per heavy atom. The van der Waals surface area contributed by atoms with E-state index in [9.17, 15) is 4.39 Å². The van der Waals surface area contributed by atoms with Gasteiger partial charge in [-0.25, -0.2) is 4.39 Å². The molecule has 0 bridgehead atoms. The summed E-state index contributed by atoms with van der Waals surface area (Å²) >= 11 is 4.07. The Morgan fingerprint density at radius 2 is 2.22 bits per heavy atom. The second-order valence-electron chi connectivity index (χ2n) is 2.66. The van der Waals surface area contributed by atoms with Crippen LogP contribution in [-0.4, -0.2) is 19.3 Å². The molecule has 9 heavy (non-hydrogen) atoms. The van der Waals surface area contributed by atoms with Crippen LogP contribution in [-0.2, 0) is 0 Å². The van der Waals surface area contributed by atoms with E-state index < -0.39 is 6.17 Å². The van der Waals surface area contributed by atoms with Gasteiger partial charge in [0.05, 0.1) is 7.85 Å². The van der Waals surface area contributed by atoms with Gasteiger partial charge in [-0.1, -0.05) is 6.32 Å². The number of halogens is 1. The maximum absolute atomic E-state index is 12.6. The number of rotatable bonds is 1. The predicted octanol–water partition coefficient (Wildman–Crippen LogP) is 1.62. The highest BCUT2D eigenvalue weighted by molar-refractivity contribution is 7.81. The Hall–Kier alpha value is 0.345. The normalized spacial score (nSPS) is 43.6. The molecule has 0 aliphatic heterocycles. The molecule has 0 amide bonds. The van der Waals surface area contributed by atoms with Crippen molar-refractivity contribution in [1.82, 2.24) is 0 Å². The van der Waals surface area contributed by atoms with E-state index in [1.807, 2.05) is 0 Å². The Morgan fingerprint density at radius 3 is 2.44 bits per heavy atom. The SMILES string of the molecule is [B]CC1CC(F)C(S)C1. The van der Waals surface area contributed by atoms with E-state index in [4.69, 9.17) is 7.85 Å². The minimum Gasteiger partial charge on any atom is -0.246 e. The van der Waals surface area contributed by atoms with Crippen molar-refractivity contribution < 1.29 is 4.39 Å². The lowest BCUT2D eigenvalue weighted by Crippen LogP contribution is -2.05. The van der Waals surface area contributed by atoms with Crippen LogP contribution in [0.2, 0.25) is 6.32 Å². The van der Waals surface area contributed by atoms with Gasteiger partial charge in [0.2, 0.25) is 0 Å². The first-order valence-electron chi connectivity index (χ1n) is 3.26. The van der Waals surface area contributed by atoms with Gasteiger partial charge in [-0.2, -0.15) is 12.6 Å². The van der Waals surface area contributed by atoms with Gasteiger partial charge in [-0.15, -0.1) is 0 Å². The van der Waals surface area contributed by atoms with Crippen LogP contribution in [0.3, 0.4) is 0 Å². The lowest BCUT2D eigenvalue weighted by atomic mass is 9.90. The maximum Gasteiger partial charge on any atom is 0.112 e. The third-order valence-electron chi connectivity index (χ3n) is 1.88. The van der Waals surface area contributed by atoms with Gasteiger partial charge in [0.25, 0.3) is 0 Å². The third-order valence-corrected chi connectivity index (χ3v) is 2.42. The highest BCUT2D eigenvalue weighted by Crippen LogP contribution is 2.33. The summed E-state index contributed by atoms with van der Waals surface area (Å²) in [7, 11) is 5.36. The van der Waals surface area contributed by atoms with Crippen LogP contribution >= 0.6 is 12.6 Å². The molecule has 1 aliphatic carbocycles. The topological polar surface area (TPSA) is 0 Å². The molecule has 50 valence electrons. The minimum atomic E-state index is -0.720. The average Bonchev–Trinajstić information content (AvgIpc) is 2.13. The van der Waals surface area contributed by atoms with Crippen molar-refractivity contribution in [2.24, 2.45) is 5.92 Å². The summed E-state index contributed by atoms with van der Waals surface area (Å²) in [5, 5.41) is -0.0569. The van der Waals surface area contributed by atoms with Gasteiger partial charge in [-0.3, -0.25) is 0 Å². The lowest BCUT2D eigenvalue weighted by Gasteiger charge is -2.01. The molecule has 0 aromatic carbocycles. The number of alkyl halides is 1. The van der Waals surface area contributed by atoms with Gasteiger partial charge >= 0.3 is 0 Å². The number of hydrogen-bond acceptors (Lipinski definition) is 1. The van der Waals surface area contributed by atoms with Crippen molar-refractivity contribution in [3.63, 3.8) is 0 Å². The van der Waals surface area contributed by atoms with Crippen molar-refractivity contribution in [3.8, 4) is 0 Å². The molecule has 0 N–H and O–H groups in total. The van der Waals surface area contributed by atoms with E-state index in [-0.39, 0.29) is 5.25 Å². The van der Waals surface area contributed by atoms with Crippen LogP contribution in [0, 0.1) is 5.92 Å². The molecule has 1 fully saturated rings. The third kappa shape index (κ3) is 1.63. The van der Waals surface area contributed by atoms with E-state index in [0.717, 1.165) is 6.42 Å². The fourth-order valence-corrected chi connectivity index (χ4v) is 1.67. The predicted molar refractivity (Wildman–Crippen MR) is 41.0 cm³/mol. The Balaban J connectivity index is 2.35. The lowest BCUT2D eigenvalue weighted by molar-refractivity contribution is 0.340. The highest BCUT2D eigenvalue weighted by Gasteiger charge is 2.30. The average molecular weight is 144 g/mol. The quantitative estimate of drug-likeness (QED) is 0.419. The molecule has 0 nitrogen and oxygen atoms in total. The van der Waals surface area contributed by atoms with Crippen LogP contribution in [0.5, 0.6) is 0 Å². The second kappa shape index (κ2) is 2.95. The molecule has 3 unspecified atom stereocenters. The zero-order valence-electron chi connectivity index (χ0n) is 5.26. The summed E-state index contributed by atoms with van der Waals surface area (Å²) < 4.78 is 12.6. The van der Waals surface area contributed by atoms with Gasteiger partial charge in [0, 0.05) is 5.25 Å². The van der Waals surface area contributed by atoms with Crippen LogP contribution in [0.15, 0.2) is 0 Å². The standard InChI is InChI=1S/C6H10BFS/c7-3-4-1-5(8)6(9)2-4/h4-6,9H,1-3H2. The molecule has 2 radical (unpaired) electrons. The minimum absolute atomic E-state index is 0.0569. The van der Waals surface area contributed by atoms with E-state index in [1.165, 1.54) is 0 Å². The molecule has 0 aromatic heterocycles. The summed E-state index contributed by atoms with van der Waals surface area (Å²) in [6.45, 7) is 0. The first kappa shape index (κ1) is 7.45.